The molecule has 2 rings (SSSR count). The maximum absolute atomic E-state index is 11.6. The highest BCUT2D eigenvalue weighted by molar-refractivity contribution is 5.79. The van der Waals surface area contributed by atoms with Crippen molar-refractivity contribution in [3.05, 3.63) is 17.5 Å². The average Bonchev–Trinajstić information content (AvgIpc) is 2.84. The van der Waals surface area contributed by atoms with E-state index >= 15 is 0 Å². The highest BCUT2D eigenvalue weighted by Gasteiger charge is 2.22. The normalized spacial score (nSPS) is 20.5. The predicted molar refractivity (Wildman–Crippen MR) is 54.1 cm³/mol. The summed E-state index contributed by atoms with van der Waals surface area (Å²) in [5.74, 6) is 0.898. The van der Waals surface area contributed by atoms with Crippen LogP contribution in [-0.4, -0.2) is 24.2 Å². The molecule has 5 heteroatoms. The van der Waals surface area contributed by atoms with E-state index in [2.05, 4.69) is 15.8 Å². The van der Waals surface area contributed by atoms with Gasteiger partial charge in [-0.05, 0) is 19.9 Å². The van der Waals surface area contributed by atoms with Crippen molar-refractivity contribution >= 4 is 5.91 Å². The fourth-order valence-electron chi connectivity index (χ4n) is 1.70. The van der Waals surface area contributed by atoms with E-state index < -0.39 is 0 Å². The van der Waals surface area contributed by atoms with E-state index in [0.29, 0.717) is 12.3 Å². The van der Waals surface area contributed by atoms with Crippen molar-refractivity contribution in [1.29, 1.82) is 0 Å². The van der Waals surface area contributed by atoms with Crippen molar-refractivity contribution < 1.29 is 9.32 Å². The van der Waals surface area contributed by atoms with Crippen LogP contribution in [0.5, 0.6) is 0 Å². The molecule has 0 unspecified atom stereocenters. The Morgan fingerprint density at radius 3 is 3.27 bits per heavy atom. The lowest BCUT2D eigenvalue weighted by Crippen LogP contribution is -2.31. The number of carbonyl (C=O) groups is 1. The highest BCUT2D eigenvalue weighted by Crippen LogP contribution is 2.08. The molecule has 1 aromatic heterocycles. The van der Waals surface area contributed by atoms with Crippen LogP contribution < -0.4 is 10.6 Å². The van der Waals surface area contributed by atoms with Crippen LogP contribution in [0, 0.1) is 12.8 Å². The Hall–Kier alpha value is -1.36. The second-order valence-electron chi connectivity index (χ2n) is 3.84. The molecule has 82 valence electrons. The summed E-state index contributed by atoms with van der Waals surface area (Å²) in [6.07, 6.45) is 0.918. The first kappa shape index (κ1) is 10.2. The fourth-order valence-corrected chi connectivity index (χ4v) is 1.70. The summed E-state index contributed by atoms with van der Waals surface area (Å²) in [5.41, 5.74) is 0.835. The predicted octanol–water partition coefficient (Wildman–Crippen LogP) is 0.209. The van der Waals surface area contributed by atoms with E-state index in [1.165, 1.54) is 0 Å². The van der Waals surface area contributed by atoms with E-state index in [1.54, 1.807) is 0 Å². The zero-order chi connectivity index (χ0) is 10.7. The molecule has 1 aliphatic heterocycles. The molecule has 1 aliphatic rings. The molecule has 15 heavy (non-hydrogen) atoms. The molecule has 1 saturated heterocycles. The molecule has 0 bridgehead atoms. The average molecular weight is 209 g/mol. The minimum absolute atomic E-state index is 0.0917. The number of nitrogens with zero attached hydrogens (tertiary/aromatic N) is 1. The van der Waals surface area contributed by atoms with Gasteiger partial charge in [0.15, 0.2) is 5.76 Å². The number of aryl methyl sites for hydroxylation is 1. The van der Waals surface area contributed by atoms with Gasteiger partial charge in [-0.2, -0.15) is 0 Å². The molecule has 5 nitrogen and oxygen atoms in total. The third-order valence-electron chi connectivity index (χ3n) is 2.54. The third-order valence-corrected chi connectivity index (χ3v) is 2.54. The molecule has 1 fully saturated rings. The summed E-state index contributed by atoms with van der Waals surface area (Å²) in [6, 6.07) is 1.83. The highest BCUT2D eigenvalue weighted by atomic mass is 16.5. The van der Waals surface area contributed by atoms with Gasteiger partial charge in [-0.3, -0.25) is 4.79 Å². The lowest BCUT2D eigenvalue weighted by Gasteiger charge is -2.07. The summed E-state index contributed by atoms with van der Waals surface area (Å²) in [6.45, 7) is 3.99. The van der Waals surface area contributed by atoms with Crippen molar-refractivity contribution in [3.63, 3.8) is 0 Å². The lowest BCUT2D eigenvalue weighted by molar-refractivity contribution is -0.124. The van der Waals surface area contributed by atoms with E-state index in [0.717, 1.165) is 25.2 Å². The van der Waals surface area contributed by atoms with Gasteiger partial charge < -0.3 is 15.2 Å². The van der Waals surface area contributed by atoms with Crippen LogP contribution in [-0.2, 0) is 11.3 Å². The first-order valence-corrected chi connectivity index (χ1v) is 5.16. The third kappa shape index (κ3) is 2.56. The summed E-state index contributed by atoms with van der Waals surface area (Å²) >= 11 is 0. The largest absolute Gasteiger partial charge is 0.359 e. The molecule has 2 heterocycles. The van der Waals surface area contributed by atoms with Gasteiger partial charge in [-0.1, -0.05) is 5.16 Å². The Balaban J connectivity index is 1.80. The van der Waals surface area contributed by atoms with Gasteiger partial charge in [0.2, 0.25) is 5.91 Å². The van der Waals surface area contributed by atoms with Crippen molar-refractivity contribution in [2.45, 2.75) is 19.9 Å². The number of rotatable bonds is 3. The van der Waals surface area contributed by atoms with Crippen molar-refractivity contribution in [3.8, 4) is 0 Å². The molecule has 0 aliphatic carbocycles. The van der Waals surface area contributed by atoms with Crippen LogP contribution in [0.1, 0.15) is 17.9 Å². The smallest absolute Gasteiger partial charge is 0.224 e. The summed E-state index contributed by atoms with van der Waals surface area (Å²) < 4.78 is 5.00. The van der Waals surface area contributed by atoms with Gasteiger partial charge in [0.1, 0.15) is 0 Å². The molecule has 0 spiro atoms. The van der Waals surface area contributed by atoms with Crippen LogP contribution in [0.2, 0.25) is 0 Å². The first-order valence-electron chi connectivity index (χ1n) is 5.16. The maximum atomic E-state index is 11.6. The molecule has 1 atom stereocenters. The minimum atomic E-state index is 0.0917. The number of aromatic nitrogens is 1. The van der Waals surface area contributed by atoms with Crippen LogP contribution in [0.3, 0.4) is 0 Å². The van der Waals surface area contributed by atoms with Gasteiger partial charge in [0, 0.05) is 12.6 Å². The molecule has 0 saturated carbocycles. The van der Waals surface area contributed by atoms with Gasteiger partial charge in [-0.25, -0.2) is 0 Å². The molecule has 0 radical (unpaired) electrons. The van der Waals surface area contributed by atoms with Crippen molar-refractivity contribution in [1.82, 2.24) is 15.8 Å². The Morgan fingerprint density at radius 2 is 2.67 bits per heavy atom. The van der Waals surface area contributed by atoms with Crippen LogP contribution in [0.15, 0.2) is 10.6 Å². The van der Waals surface area contributed by atoms with Gasteiger partial charge in [-0.15, -0.1) is 0 Å². The van der Waals surface area contributed by atoms with Gasteiger partial charge in [0.05, 0.1) is 18.2 Å². The van der Waals surface area contributed by atoms with Crippen LogP contribution >= 0.6 is 0 Å². The number of hydrogen-bond acceptors (Lipinski definition) is 4. The second kappa shape index (κ2) is 4.44. The molecular weight excluding hydrogens is 194 g/mol. The monoisotopic (exact) mass is 209 g/mol. The van der Waals surface area contributed by atoms with E-state index in [-0.39, 0.29) is 11.8 Å². The topological polar surface area (TPSA) is 67.2 Å². The number of carbonyl (C=O) groups excluding carboxylic acids is 1. The minimum Gasteiger partial charge on any atom is -0.359 e. The van der Waals surface area contributed by atoms with Crippen molar-refractivity contribution in [2.24, 2.45) is 5.92 Å². The van der Waals surface area contributed by atoms with Gasteiger partial charge >= 0.3 is 0 Å². The lowest BCUT2D eigenvalue weighted by atomic mass is 10.1. The molecule has 1 aromatic rings. The Morgan fingerprint density at radius 1 is 1.80 bits per heavy atom. The van der Waals surface area contributed by atoms with Crippen LogP contribution in [0.4, 0.5) is 0 Å². The number of nitrogens with one attached hydrogen (secondary N) is 2. The molecule has 1 amide bonds. The number of amides is 1. The Labute approximate surface area is 88.2 Å². The van der Waals surface area contributed by atoms with E-state index in [1.807, 2.05) is 13.0 Å². The standard InChI is InChI=1S/C10H15N3O2/c1-7-4-9(15-13-7)6-12-10(14)8-2-3-11-5-8/h4,8,11H,2-3,5-6H2,1H3,(H,12,14)/t8-/m0/s1. The SMILES string of the molecule is Cc1cc(CNC(=O)[C@H]2CCNC2)on1. The second-order valence-corrected chi connectivity index (χ2v) is 3.84. The Bertz CT molecular complexity index is 342. The molecule has 2 N–H and O–H groups in total. The molecule has 0 aromatic carbocycles. The maximum Gasteiger partial charge on any atom is 0.224 e. The first-order chi connectivity index (χ1) is 7.25. The zero-order valence-electron chi connectivity index (χ0n) is 8.75. The quantitative estimate of drug-likeness (QED) is 0.746. The number of hydrogen-bond donors (Lipinski definition) is 2. The Kier molecular flexibility index (Phi) is 3.01. The van der Waals surface area contributed by atoms with Crippen LogP contribution in [0.25, 0.3) is 0 Å². The van der Waals surface area contributed by atoms with E-state index in [9.17, 15) is 4.79 Å². The summed E-state index contributed by atoms with van der Waals surface area (Å²) in [7, 11) is 0. The summed E-state index contributed by atoms with van der Waals surface area (Å²) in [5, 5.41) is 9.75. The van der Waals surface area contributed by atoms with Gasteiger partial charge in [0.25, 0.3) is 0 Å². The molecular formula is C10H15N3O2. The van der Waals surface area contributed by atoms with Crippen molar-refractivity contribution in [2.75, 3.05) is 13.1 Å². The fraction of sp³-hybridized carbons (Fsp3) is 0.600. The summed E-state index contributed by atoms with van der Waals surface area (Å²) in [4.78, 5) is 11.6. The van der Waals surface area contributed by atoms with E-state index in [4.69, 9.17) is 4.52 Å². The zero-order valence-corrected chi connectivity index (χ0v) is 8.75.